The van der Waals surface area contributed by atoms with Crippen LogP contribution >= 0.6 is 24.2 Å². The zero-order valence-electron chi connectivity index (χ0n) is 14.7. The highest BCUT2D eigenvalue weighted by molar-refractivity contribution is 7.98. The molecular formula is C21H25ClN2OS. The lowest BCUT2D eigenvalue weighted by Crippen LogP contribution is -2.33. The number of hydrogen-bond donors (Lipinski definition) is 1. The van der Waals surface area contributed by atoms with Gasteiger partial charge in [-0.3, -0.25) is 4.79 Å². The van der Waals surface area contributed by atoms with E-state index in [-0.39, 0.29) is 24.4 Å². The van der Waals surface area contributed by atoms with Gasteiger partial charge in [-0.2, -0.15) is 0 Å². The number of benzene rings is 2. The fraction of sp³-hybridized carbons (Fsp3) is 0.381. The first-order valence-corrected chi connectivity index (χ1v) is 10.0. The molecule has 1 heterocycles. The molecule has 1 amide bonds. The summed E-state index contributed by atoms with van der Waals surface area (Å²) in [4.78, 5) is 16.0. The van der Waals surface area contributed by atoms with Crippen molar-refractivity contribution in [3.8, 4) is 0 Å². The van der Waals surface area contributed by atoms with Crippen molar-refractivity contribution >= 4 is 30.1 Å². The van der Waals surface area contributed by atoms with Crippen LogP contribution < -0.4 is 5.73 Å². The smallest absolute Gasteiger partial charge is 0.253 e. The Hall–Kier alpha value is -1.49. The number of rotatable bonds is 4. The van der Waals surface area contributed by atoms with Gasteiger partial charge in [0, 0.05) is 35.3 Å². The van der Waals surface area contributed by atoms with Crippen LogP contribution in [0.5, 0.6) is 0 Å². The molecule has 0 spiro atoms. The minimum atomic E-state index is 0. The number of likely N-dealkylation sites (tertiary alicyclic amines) is 1. The van der Waals surface area contributed by atoms with Gasteiger partial charge in [-0.1, -0.05) is 30.3 Å². The molecular weight excluding hydrogens is 364 g/mol. The quantitative estimate of drug-likeness (QED) is 0.798. The number of amides is 1. The third kappa shape index (κ3) is 4.08. The molecule has 1 aliphatic carbocycles. The SMILES string of the molecule is Cl.NC1CCC2CN(C(=O)c3ccc(CSc4ccccc4)cc3)CC12. The van der Waals surface area contributed by atoms with Gasteiger partial charge in [-0.25, -0.2) is 0 Å². The first-order valence-electron chi connectivity index (χ1n) is 9.02. The van der Waals surface area contributed by atoms with Crippen molar-refractivity contribution in [2.45, 2.75) is 29.5 Å². The standard InChI is InChI=1S/C21H24N2OS.ClH/c22-20-11-10-17-12-23(13-19(17)20)21(24)16-8-6-15(7-9-16)14-25-18-4-2-1-3-5-18;/h1-9,17,19-20H,10-14,22H2;1H. The highest BCUT2D eigenvalue weighted by Gasteiger charge is 2.42. The first kappa shape index (κ1) is 19.3. The summed E-state index contributed by atoms with van der Waals surface area (Å²) in [5, 5.41) is 0. The molecule has 2 aromatic carbocycles. The number of nitrogens with two attached hydrogens (primary N) is 1. The number of hydrogen-bond acceptors (Lipinski definition) is 3. The number of thioether (sulfide) groups is 1. The van der Waals surface area contributed by atoms with E-state index in [9.17, 15) is 4.79 Å². The van der Waals surface area contributed by atoms with Gasteiger partial charge >= 0.3 is 0 Å². The maximum absolute atomic E-state index is 12.8. The number of fused-ring (bicyclic) bond motifs is 1. The molecule has 3 atom stereocenters. The monoisotopic (exact) mass is 388 g/mol. The Morgan fingerprint density at radius 3 is 2.46 bits per heavy atom. The Morgan fingerprint density at radius 2 is 1.77 bits per heavy atom. The third-order valence-corrected chi connectivity index (χ3v) is 6.63. The molecule has 2 aromatic rings. The molecule has 0 radical (unpaired) electrons. The summed E-state index contributed by atoms with van der Waals surface area (Å²) in [7, 11) is 0. The zero-order chi connectivity index (χ0) is 17.2. The Bertz CT molecular complexity index is 737. The normalized spacial score (nSPS) is 24.2. The van der Waals surface area contributed by atoms with E-state index in [4.69, 9.17) is 5.73 Å². The van der Waals surface area contributed by atoms with Gasteiger partial charge in [0.25, 0.3) is 5.91 Å². The van der Waals surface area contributed by atoms with Gasteiger partial charge in [-0.15, -0.1) is 24.2 Å². The van der Waals surface area contributed by atoms with Crippen LogP contribution in [0, 0.1) is 11.8 Å². The van der Waals surface area contributed by atoms with Crippen LogP contribution in [0.1, 0.15) is 28.8 Å². The van der Waals surface area contributed by atoms with E-state index in [0.717, 1.165) is 30.8 Å². The topological polar surface area (TPSA) is 46.3 Å². The number of halogens is 1. The predicted molar refractivity (Wildman–Crippen MR) is 110 cm³/mol. The van der Waals surface area contributed by atoms with Crippen LogP contribution in [0.2, 0.25) is 0 Å². The highest BCUT2D eigenvalue weighted by Crippen LogP contribution is 2.37. The third-order valence-electron chi connectivity index (χ3n) is 5.55. The van der Waals surface area contributed by atoms with Gasteiger partial charge in [0.05, 0.1) is 0 Å². The Morgan fingerprint density at radius 1 is 1.04 bits per heavy atom. The molecule has 3 nitrogen and oxygen atoms in total. The molecule has 3 unspecified atom stereocenters. The molecule has 4 rings (SSSR count). The van der Waals surface area contributed by atoms with Crippen LogP contribution in [0.25, 0.3) is 0 Å². The Kier molecular flexibility index (Phi) is 6.28. The summed E-state index contributed by atoms with van der Waals surface area (Å²) in [6.07, 6.45) is 2.29. The van der Waals surface area contributed by atoms with Gasteiger partial charge in [0.15, 0.2) is 0 Å². The van der Waals surface area contributed by atoms with Crippen LogP contribution in [-0.2, 0) is 5.75 Å². The van der Waals surface area contributed by atoms with Crippen LogP contribution in [-0.4, -0.2) is 29.9 Å². The fourth-order valence-corrected chi connectivity index (χ4v) is 4.96. The molecule has 2 N–H and O–H groups in total. The van der Waals surface area contributed by atoms with E-state index < -0.39 is 0 Å². The maximum atomic E-state index is 12.8. The van der Waals surface area contributed by atoms with Crippen molar-refractivity contribution in [3.05, 3.63) is 65.7 Å². The zero-order valence-corrected chi connectivity index (χ0v) is 16.3. The predicted octanol–water partition coefficient (Wildman–Crippen LogP) is 4.21. The lowest BCUT2D eigenvalue weighted by molar-refractivity contribution is 0.0779. The molecule has 26 heavy (non-hydrogen) atoms. The number of carbonyl (C=O) groups excluding carboxylic acids is 1. The summed E-state index contributed by atoms with van der Waals surface area (Å²) in [5.41, 5.74) is 8.22. The number of nitrogens with zero attached hydrogens (tertiary/aromatic N) is 1. The van der Waals surface area contributed by atoms with E-state index in [0.29, 0.717) is 11.8 Å². The summed E-state index contributed by atoms with van der Waals surface area (Å²) in [6.45, 7) is 1.71. The molecule has 2 aliphatic rings. The second-order valence-corrected chi connectivity index (χ2v) is 8.22. The van der Waals surface area contributed by atoms with Crippen molar-refractivity contribution < 1.29 is 4.79 Å². The Balaban J connectivity index is 0.00000196. The van der Waals surface area contributed by atoms with Crippen molar-refractivity contribution in [2.24, 2.45) is 17.6 Å². The lowest BCUT2D eigenvalue weighted by atomic mass is 9.98. The van der Waals surface area contributed by atoms with Gasteiger partial charge in [-0.05, 0) is 54.5 Å². The average Bonchev–Trinajstić information content (AvgIpc) is 3.23. The van der Waals surface area contributed by atoms with Crippen molar-refractivity contribution in [3.63, 3.8) is 0 Å². The molecule has 0 bridgehead atoms. The summed E-state index contributed by atoms with van der Waals surface area (Å²) in [6, 6.07) is 18.8. The van der Waals surface area contributed by atoms with Crippen LogP contribution in [0.3, 0.4) is 0 Å². The Labute approximate surface area is 165 Å². The van der Waals surface area contributed by atoms with E-state index in [1.807, 2.05) is 34.9 Å². The fourth-order valence-electron chi connectivity index (χ4n) is 4.08. The van der Waals surface area contributed by atoms with E-state index in [1.165, 1.54) is 16.9 Å². The van der Waals surface area contributed by atoms with Crippen LogP contribution in [0.15, 0.2) is 59.5 Å². The highest BCUT2D eigenvalue weighted by atomic mass is 35.5. The summed E-state index contributed by atoms with van der Waals surface area (Å²) < 4.78 is 0. The second-order valence-electron chi connectivity index (χ2n) is 7.17. The first-order chi connectivity index (χ1) is 12.2. The summed E-state index contributed by atoms with van der Waals surface area (Å²) in [5.74, 6) is 2.19. The van der Waals surface area contributed by atoms with E-state index in [1.54, 1.807) is 0 Å². The van der Waals surface area contributed by atoms with Crippen molar-refractivity contribution in [2.75, 3.05) is 13.1 Å². The molecule has 138 valence electrons. The van der Waals surface area contributed by atoms with Crippen molar-refractivity contribution in [1.29, 1.82) is 0 Å². The van der Waals surface area contributed by atoms with Gasteiger partial charge in [0.1, 0.15) is 0 Å². The van der Waals surface area contributed by atoms with Crippen LogP contribution in [0.4, 0.5) is 0 Å². The maximum Gasteiger partial charge on any atom is 0.253 e. The van der Waals surface area contributed by atoms with Gasteiger partial charge < -0.3 is 10.6 Å². The molecule has 2 fully saturated rings. The lowest BCUT2D eigenvalue weighted by Gasteiger charge is -2.19. The number of carbonyl (C=O) groups is 1. The minimum Gasteiger partial charge on any atom is -0.338 e. The second kappa shape index (κ2) is 8.47. The molecule has 1 saturated heterocycles. The van der Waals surface area contributed by atoms with Crippen molar-refractivity contribution in [1.82, 2.24) is 4.90 Å². The largest absolute Gasteiger partial charge is 0.338 e. The van der Waals surface area contributed by atoms with E-state index in [2.05, 4.69) is 36.4 Å². The molecule has 5 heteroatoms. The molecule has 1 aliphatic heterocycles. The molecule has 1 saturated carbocycles. The minimum absolute atomic E-state index is 0. The van der Waals surface area contributed by atoms with Gasteiger partial charge in [0.2, 0.25) is 0 Å². The average molecular weight is 389 g/mol. The summed E-state index contributed by atoms with van der Waals surface area (Å²) >= 11 is 1.82. The van der Waals surface area contributed by atoms with E-state index >= 15 is 0 Å². The molecule has 0 aromatic heterocycles.